The van der Waals surface area contributed by atoms with Crippen LogP contribution in [0.1, 0.15) is 41.0 Å². The van der Waals surface area contributed by atoms with Crippen LogP contribution in [0.5, 0.6) is 0 Å². The van der Waals surface area contributed by atoms with E-state index in [1.165, 1.54) is 0 Å². The molecule has 0 aliphatic rings. The van der Waals surface area contributed by atoms with Crippen LogP contribution in [0.3, 0.4) is 0 Å². The molecule has 0 aliphatic heterocycles. The molecule has 0 fully saturated rings. The summed E-state index contributed by atoms with van der Waals surface area (Å²) in [5.41, 5.74) is 0.491. The second-order valence-electron chi connectivity index (χ2n) is 4.41. The lowest BCUT2D eigenvalue weighted by molar-refractivity contribution is -0.122. The van der Waals surface area contributed by atoms with Crippen molar-refractivity contribution >= 4 is 5.78 Å². The van der Waals surface area contributed by atoms with Crippen LogP contribution in [0.4, 0.5) is 0 Å². The Balaban J connectivity index is 4.42. The second kappa shape index (κ2) is 3.88. The molecule has 0 aromatic carbocycles. The Bertz CT molecular complexity index is 184. The molecule has 1 heteroatoms. The van der Waals surface area contributed by atoms with Crippen molar-refractivity contribution in [2.75, 3.05) is 0 Å². The average molecular weight is 168 g/mol. The summed E-state index contributed by atoms with van der Waals surface area (Å²) in [6, 6.07) is 0. The van der Waals surface area contributed by atoms with E-state index < -0.39 is 0 Å². The van der Waals surface area contributed by atoms with Crippen molar-refractivity contribution in [2.24, 2.45) is 11.3 Å². The molecule has 0 aromatic rings. The van der Waals surface area contributed by atoms with Crippen LogP contribution in [0.25, 0.3) is 0 Å². The largest absolute Gasteiger partial charge is 0.294 e. The highest BCUT2D eigenvalue weighted by atomic mass is 16.1. The van der Waals surface area contributed by atoms with Crippen molar-refractivity contribution in [3.05, 3.63) is 12.2 Å². The van der Waals surface area contributed by atoms with Crippen molar-refractivity contribution in [2.45, 2.75) is 41.0 Å². The van der Waals surface area contributed by atoms with Crippen molar-refractivity contribution in [1.82, 2.24) is 0 Å². The minimum Gasteiger partial charge on any atom is -0.294 e. The monoisotopic (exact) mass is 168 g/mol. The molecule has 0 aliphatic carbocycles. The predicted octanol–water partition coefficient (Wildman–Crippen LogP) is 3.20. The molecular formula is C11H20O. The maximum atomic E-state index is 11.7. The van der Waals surface area contributed by atoms with E-state index in [2.05, 4.69) is 13.5 Å². The van der Waals surface area contributed by atoms with E-state index >= 15 is 0 Å². The van der Waals surface area contributed by atoms with E-state index in [0.29, 0.717) is 5.92 Å². The fourth-order valence-electron chi connectivity index (χ4n) is 0.952. The van der Waals surface area contributed by atoms with Crippen molar-refractivity contribution in [3.8, 4) is 0 Å². The van der Waals surface area contributed by atoms with Gasteiger partial charge >= 0.3 is 0 Å². The Hall–Kier alpha value is -0.590. The lowest BCUT2D eigenvalue weighted by Gasteiger charge is -2.21. The Morgan fingerprint density at radius 3 is 2.08 bits per heavy atom. The Kier molecular flexibility index (Phi) is 3.69. The molecule has 0 saturated carbocycles. The molecule has 1 nitrogen and oxygen atoms in total. The van der Waals surface area contributed by atoms with E-state index in [0.717, 1.165) is 12.0 Å². The van der Waals surface area contributed by atoms with Gasteiger partial charge in [0.15, 0.2) is 5.78 Å². The summed E-state index contributed by atoms with van der Waals surface area (Å²) in [4.78, 5) is 11.7. The van der Waals surface area contributed by atoms with E-state index in [-0.39, 0.29) is 11.2 Å². The third-order valence-corrected chi connectivity index (χ3v) is 2.18. The molecule has 0 amide bonds. The van der Waals surface area contributed by atoms with Crippen LogP contribution in [-0.2, 0) is 4.79 Å². The first kappa shape index (κ1) is 11.4. The molecule has 12 heavy (non-hydrogen) atoms. The number of allylic oxidation sites excluding steroid dienone is 1. The molecule has 1 unspecified atom stereocenters. The van der Waals surface area contributed by atoms with Gasteiger partial charge in [-0.15, -0.1) is 0 Å². The minimum atomic E-state index is -0.277. The standard InChI is InChI=1S/C11H20O/c1-7-8(2)9(3)10(12)11(4,5)6/h8H,3,7H2,1-2,4-6H3. The summed E-state index contributed by atoms with van der Waals surface area (Å²) in [6.07, 6.45) is 0.987. The van der Waals surface area contributed by atoms with Gasteiger partial charge in [0.25, 0.3) is 0 Å². The van der Waals surface area contributed by atoms with Crippen LogP contribution in [0.2, 0.25) is 0 Å². The predicted molar refractivity (Wildman–Crippen MR) is 53.1 cm³/mol. The Labute approximate surface area is 75.9 Å². The number of Topliss-reactive ketones (excluding diaryl/α,β-unsaturated/α-hetero) is 1. The van der Waals surface area contributed by atoms with Gasteiger partial charge in [0.2, 0.25) is 0 Å². The van der Waals surface area contributed by atoms with Crippen LogP contribution in [0, 0.1) is 11.3 Å². The van der Waals surface area contributed by atoms with Gasteiger partial charge < -0.3 is 0 Å². The maximum Gasteiger partial charge on any atom is 0.163 e. The number of ketones is 1. The van der Waals surface area contributed by atoms with E-state index in [1.54, 1.807) is 0 Å². The zero-order valence-corrected chi connectivity index (χ0v) is 8.90. The maximum absolute atomic E-state index is 11.7. The van der Waals surface area contributed by atoms with Gasteiger partial charge in [-0.3, -0.25) is 4.79 Å². The molecule has 0 bridgehead atoms. The lowest BCUT2D eigenvalue weighted by Crippen LogP contribution is -2.24. The molecule has 0 aromatic heterocycles. The molecular weight excluding hydrogens is 148 g/mol. The summed E-state index contributed by atoms with van der Waals surface area (Å²) in [5, 5.41) is 0. The average Bonchev–Trinajstić information content (AvgIpc) is 1.98. The molecule has 70 valence electrons. The van der Waals surface area contributed by atoms with Gasteiger partial charge in [-0.2, -0.15) is 0 Å². The smallest absolute Gasteiger partial charge is 0.163 e. The van der Waals surface area contributed by atoms with Gasteiger partial charge in [-0.25, -0.2) is 0 Å². The fraction of sp³-hybridized carbons (Fsp3) is 0.727. The third kappa shape index (κ3) is 2.80. The molecule has 0 N–H and O–H groups in total. The minimum absolute atomic E-state index is 0.192. The number of hydrogen-bond acceptors (Lipinski definition) is 1. The summed E-state index contributed by atoms with van der Waals surface area (Å²) < 4.78 is 0. The van der Waals surface area contributed by atoms with Crippen molar-refractivity contribution in [3.63, 3.8) is 0 Å². The van der Waals surface area contributed by atoms with Crippen molar-refractivity contribution in [1.29, 1.82) is 0 Å². The third-order valence-electron chi connectivity index (χ3n) is 2.18. The quantitative estimate of drug-likeness (QED) is 0.591. The van der Waals surface area contributed by atoms with Gasteiger partial charge in [0, 0.05) is 5.41 Å². The van der Waals surface area contributed by atoms with Crippen LogP contribution >= 0.6 is 0 Å². The highest BCUT2D eigenvalue weighted by molar-refractivity contribution is 5.98. The van der Waals surface area contributed by atoms with Crippen LogP contribution in [-0.4, -0.2) is 5.78 Å². The molecule has 0 saturated heterocycles. The molecule has 1 atom stereocenters. The summed E-state index contributed by atoms with van der Waals surface area (Å²) in [6.45, 7) is 13.8. The number of hydrogen-bond donors (Lipinski definition) is 0. The van der Waals surface area contributed by atoms with Crippen molar-refractivity contribution < 1.29 is 4.79 Å². The van der Waals surface area contributed by atoms with Gasteiger partial charge in [-0.05, 0) is 17.9 Å². The van der Waals surface area contributed by atoms with E-state index in [4.69, 9.17) is 0 Å². The number of carbonyl (C=O) groups excluding carboxylic acids is 1. The van der Waals surface area contributed by atoms with Gasteiger partial charge in [0.05, 0.1) is 0 Å². The first-order valence-corrected chi connectivity index (χ1v) is 4.54. The first-order chi connectivity index (χ1) is 5.30. The van der Waals surface area contributed by atoms with Gasteiger partial charge in [0.1, 0.15) is 0 Å². The highest BCUT2D eigenvalue weighted by Crippen LogP contribution is 2.24. The Morgan fingerprint density at radius 1 is 1.42 bits per heavy atom. The highest BCUT2D eigenvalue weighted by Gasteiger charge is 2.25. The summed E-state index contributed by atoms with van der Waals surface area (Å²) in [5.74, 6) is 0.508. The lowest BCUT2D eigenvalue weighted by atomic mass is 9.82. The summed E-state index contributed by atoms with van der Waals surface area (Å²) in [7, 11) is 0. The Morgan fingerprint density at radius 2 is 1.83 bits per heavy atom. The topological polar surface area (TPSA) is 17.1 Å². The molecule has 0 radical (unpaired) electrons. The summed E-state index contributed by atoms with van der Waals surface area (Å²) >= 11 is 0. The van der Waals surface area contributed by atoms with Crippen LogP contribution in [0.15, 0.2) is 12.2 Å². The van der Waals surface area contributed by atoms with E-state index in [9.17, 15) is 4.79 Å². The second-order valence-corrected chi connectivity index (χ2v) is 4.41. The number of rotatable bonds is 3. The molecule has 0 heterocycles. The molecule has 0 rings (SSSR count). The number of carbonyl (C=O) groups is 1. The normalized spacial score (nSPS) is 14.1. The van der Waals surface area contributed by atoms with Gasteiger partial charge in [-0.1, -0.05) is 41.2 Å². The fourth-order valence-corrected chi connectivity index (χ4v) is 0.952. The van der Waals surface area contributed by atoms with Crippen LogP contribution < -0.4 is 0 Å². The first-order valence-electron chi connectivity index (χ1n) is 4.54. The molecule has 0 spiro atoms. The SMILES string of the molecule is C=C(C(=O)C(C)(C)C)C(C)CC. The van der Waals surface area contributed by atoms with E-state index in [1.807, 2.05) is 27.7 Å². The zero-order chi connectivity index (χ0) is 9.94. The zero-order valence-electron chi connectivity index (χ0n) is 8.90.